The maximum atomic E-state index is 11.4. The van der Waals surface area contributed by atoms with E-state index in [1.165, 1.54) is 0 Å². The lowest BCUT2D eigenvalue weighted by atomic mass is 10.1. The number of rotatable bonds is 6. The van der Waals surface area contributed by atoms with Crippen LogP contribution in [0.4, 0.5) is 0 Å². The van der Waals surface area contributed by atoms with E-state index in [9.17, 15) is 4.79 Å². The minimum Gasteiger partial charge on any atom is -0.355 e. The lowest BCUT2D eigenvalue weighted by Gasteiger charge is -2.18. The molecule has 1 unspecified atom stereocenters. The third kappa shape index (κ3) is 6.92. The Morgan fingerprint density at radius 2 is 2.07 bits per heavy atom. The third-order valence-electron chi connectivity index (χ3n) is 2.28. The highest BCUT2D eigenvalue weighted by Gasteiger charge is 2.11. The van der Waals surface area contributed by atoms with Crippen LogP contribution in [0.1, 0.15) is 27.2 Å². The maximum Gasteiger partial charge on any atom is 0.234 e. The van der Waals surface area contributed by atoms with E-state index in [0.29, 0.717) is 12.5 Å². The van der Waals surface area contributed by atoms with Gasteiger partial charge < -0.3 is 5.32 Å². The molecule has 4 nitrogen and oxygen atoms in total. The smallest absolute Gasteiger partial charge is 0.234 e. The second kappa shape index (κ2) is 7.24. The van der Waals surface area contributed by atoms with Gasteiger partial charge in [-0.1, -0.05) is 13.8 Å². The van der Waals surface area contributed by atoms with Crippen LogP contribution in [0.2, 0.25) is 0 Å². The molecule has 0 saturated carbocycles. The van der Waals surface area contributed by atoms with Gasteiger partial charge in [0.2, 0.25) is 5.91 Å². The molecule has 0 saturated heterocycles. The lowest BCUT2D eigenvalue weighted by molar-refractivity contribution is -0.122. The van der Waals surface area contributed by atoms with Crippen LogP contribution in [0.25, 0.3) is 0 Å². The SMILES string of the molecule is CC(C)CCNC(=O)CN(C)C(C)C#N. The first-order valence-electron chi connectivity index (χ1n) is 5.34. The van der Waals surface area contributed by atoms with Gasteiger partial charge in [-0.15, -0.1) is 0 Å². The normalized spacial score (nSPS) is 12.6. The molecule has 0 radical (unpaired) electrons. The van der Waals surface area contributed by atoms with E-state index >= 15 is 0 Å². The quantitative estimate of drug-likeness (QED) is 0.713. The van der Waals surface area contributed by atoms with Crippen LogP contribution in [0.15, 0.2) is 0 Å². The highest BCUT2D eigenvalue weighted by Crippen LogP contribution is 1.96. The monoisotopic (exact) mass is 211 g/mol. The zero-order chi connectivity index (χ0) is 11.8. The van der Waals surface area contributed by atoms with Gasteiger partial charge in [-0.3, -0.25) is 9.69 Å². The summed E-state index contributed by atoms with van der Waals surface area (Å²) in [6.07, 6.45) is 0.989. The zero-order valence-electron chi connectivity index (χ0n) is 10.1. The highest BCUT2D eigenvalue weighted by atomic mass is 16.2. The lowest BCUT2D eigenvalue weighted by Crippen LogP contribution is -2.39. The van der Waals surface area contributed by atoms with Crippen molar-refractivity contribution in [3.05, 3.63) is 0 Å². The number of hydrogen-bond acceptors (Lipinski definition) is 3. The molecule has 0 aliphatic carbocycles. The summed E-state index contributed by atoms with van der Waals surface area (Å²) in [5, 5.41) is 11.5. The predicted molar refractivity (Wildman–Crippen MR) is 60.2 cm³/mol. The summed E-state index contributed by atoms with van der Waals surface area (Å²) in [6.45, 7) is 7.02. The number of amides is 1. The average molecular weight is 211 g/mol. The standard InChI is InChI=1S/C11H21N3O/c1-9(2)5-6-13-11(15)8-14(4)10(3)7-12/h9-10H,5-6,8H2,1-4H3,(H,13,15). The van der Waals surface area contributed by atoms with Crippen LogP contribution in [0.5, 0.6) is 0 Å². The first-order chi connectivity index (χ1) is 6.97. The van der Waals surface area contributed by atoms with Gasteiger partial charge in [0.05, 0.1) is 18.7 Å². The van der Waals surface area contributed by atoms with Crippen molar-refractivity contribution in [2.45, 2.75) is 33.2 Å². The van der Waals surface area contributed by atoms with Crippen LogP contribution in [0, 0.1) is 17.2 Å². The number of carbonyl (C=O) groups is 1. The summed E-state index contributed by atoms with van der Waals surface area (Å²) in [6, 6.07) is 1.87. The van der Waals surface area contributed by atoms with Gasteiger partial charge in [-0.25, -0.2) is 0 Å². The summed E-state index contributed by atoms with van der Waals surface area (Å²) < 4.78 is 0. The molecule has 15 heavy (non-hydrogen) atoms. The van der Waals surface area contributed by atoms with Gasteiger partial charge in [0, 0.05) is 6.54 Å². The molecule has 0 fully saturated rings. The molecule has 0 aromatic rings. The fraction of sp³-hybridized carbons (Fsp3) is 0.818. The van der Waals surface area contributed by atoms with E-state index < -0.39 is 0 Å². The first-order valence-corrected chi connectivity index (χ1v) is 5.34. The minimum absolute atomic E-state index is 0.0137. The molecular weight excluding hydrogens is 190 g/mol. The molecule has 0 aliphatic rings. The second-order valence-corrected chi connectivity index (χ2v) is 4.25. The van der Waals surface area contributed by atoms with E-state index in [0.717, 1.165) is 6.42 Å². The van der Waals surface area contributed by atoms with Gasteiger partial charge in [0.25, 0.3) is 0 Å². The molecule has 0 bridgehead atoms. The first kappa shape index (κ1) is 13.9. The number of hydrogen-bond donors (Lipinski definition) is 1. The fourth-order valence-corrected chi connectivity index (χ4v) is 1.02. The van der Waals surface area contributed by atoms with Crippen molar-refractivity contribution < 1.29 is 4.79 Å². The average Bonchev–Trinajstić information content (AvgIpc) is 2.15. The van der Waals surface area contributed by atoms with E-state index in [4.69, 9.17) is 5.26 Å². The zero-order valence-corrected chi connectivity index (χ0v) is 10.1. The summed E-state index contributed by atoms with van der Waals surface area (Å²) in [4.78, 5) is 13.1. The predicted octanol–water partition coefficient (Wildman–Crippen LogP) is 0.993. The van der Waals surface area contributed by atoms with Crippen molar-refractivity contribution in [2.24, 2.45) is 5.92 Å². The Labute approximate surface area is 92.3 Å². The van der Waals surface area contributed by atoms with Crippen LogP contribution < -0.4 is 5.32 Å². The molecule has 0 spiro atoms. The topological polar surface area (TPSA) is 56.1 Å². The van der Waals surface area contributed by atoms with Crippen molar-refractivity contribution in [1.82, 2.24) is 10.2 Å². The molecule has 86 valence electrons. The van der Waals surface area contributed by atoms with Gasteiger partial charge in [0.15, 0.2) is 0 Å². The molecular formula is C11H21N3O. The van der Waals surface area contributed by atoms with Crippen molar-refractivity contribution in [1.29, 1.82) is 5.26 Å². The summed E-state index contributed by atoms with van der Waals surface area (Å²) in [5.74, 6) is 0.585. The molecule has 1 atom stereocenters. The van der Waals surface area contributed by atoms with Crippen molar-refractivity contribution in [3.63, 3.8) is 0 Å². The van der Waals surface area contributed by atoms with Crippen molar-refractivity contribution in [3.8, 4) is 6.07 Å². The molecule has 0 aromatic heterocycles. The molecule has 1 amide bonds. The molecule has 4 heteroatoms. The molecule has 0 rings (SSSR count). The van der Waals surface area contributed by atoms with Crippen LogP contribution in [-0.4, -0.2) is 37.0 Å². The number of nitrogens with zero attached hydrogens (tertiary/aromatic N) is 2. The number of nitriles is 1. The maximum absolute atomic E-state index is 11.4. The van der Waals surface area contributed by atoms with Crippen LogP contribution >= 0.6 is 0 Å². The summed E-state index contributed by atoms with van der Waals surface area (Å²) >= 11 is 0. The van der Waals surface area contributed by atoms with Gasteiger partial charge >= 0.3 is 0 Å². The Bertz CT molecular complexity index is 232. The molecule has 0 aliphatic heterocycles. The van der Waals surface area contributed by atoms with Gasteiger partial charge in [0.1, 0.15) is 0 Å². The van der Waals surface area contributed by atoms with Crippen molar-refractivity contribution in [2.75, 3.05) is 20.1 Å². The van der Waals surface area contributed by atoms with Gasteiger partial charge in [-0.05, 0) is 26.3 Å². The second-order valence-electron chi connectivity index (χ2n) is 4.25. The van der Waals surface area contributed by atoms with Crippen LogP contribution in [-0.2, 0) is 4.79 Å². The minimum atomic E-state index is -0.221. The molecule has 0 aromatic carbocycles. The fourth-order valence-electron chi connectivity index (χ4n) is 1.02. The van der Waals surface area contributed by atoms with Crippen molar-refractivity contribution >= 4 is 5.91 Å². The highest BCUT2D eigenvalue weighted by molar-refractivity contribution is 5.78. The summed E-state index contributed by atoms with van der Waals surface area (Å²) in [5.41, 5.74) is 0. The number of carbonyl (C=O) groups excluding carboxylic acids is 1. The summed E-state index contributed by atoms with van der Waals surface area (Å²) in [7, 11) is 1.77. The Kier molecular flexibility index (Phi) is 6.72. The van der Waals surface area contributed by atoms with E-state index in [1.54, 1.807) is 18.9 Å². The Hall–Kier alpha value is -1.08. The van der Waals surface area contributed by atoms with E-state index in [-0.39, 0.29) is 18.5 Å². The Morgan fingerprint density at radius 3 is 2.53 bits per heavy atom. The van der Waals surface area contributed by atoms with E-state index in [1.807, 2.05) is 0 Å². The number of nitrogens with one attached hydrogen (secondary N) is 1. The Morgan fingerprint density at radius 1 is 1.47 bits per heavy atom. The largest absolute Gasteiger partial charge is 0.355 e. The van der Waals surface area contributed by atoms with Crippen LogP contribution in [0.3, 0.4) is 0 Å². The van der Waals surface area contributed by atoms with Gasteiger partial charge in [-0.2, -0.15) is 5.26 Å². The van der Waals surface area contributed by atoms with E-state index in [2.05, 4.69) is 25.2 Å². The number of likely N-dealkylation sites (N-methyl/N-ethyl adjacent to an activating group) is 1. The third-order valence-corrected chi connectivity index (χ3v) is 2.28. The Balaban J connectivity index is 3.70. The molecule has 0 heterocycles. The molecule has 1 N–H and O–H groups in total.